The first-order chi connectivity index (χ1) is 5.77. The first kappa shape index (κ1) is 8.22. The highest BCUT2D eigenvalue weighted by molar-refractivity contribution is 6.05. The number of hydrogen-bond acceptors (Lipinski definition) is 2. The van der Waals surface area contributed by atoms with Crippen LogP contribution in [0.5, 0.6) is 0 Å². The Morgan fingerprint density at radius 3 is 2.42 bits per heavy atom. The van der Waals surface area contributed by atoms with Crippen molar-refractivity contribution in [2.75, 3.05) is 0 Å². The highest BCUT2D eigenvalue weighted by Gasteiger charge is 1.95. The second-order valence-corrected chi connectivity index (χ2v) is 2.33. The van der Waals surface area contributed by atoms with Gasteiger partial charge < -0.3 is 0 Å². The van der Waals surface area contributed by atoms with Gasteiger partial charge in [-0.2, -0.15) is 5.26 Å². The van der Waals surface area contributed by atoms with E-state index < -0.39 is 0 Å². The molecule has 0 N–H and O–H groups in total. The summed E-state index contributed by atoms with van der Waals surface area (Å²) in [5.41, 5.74) is 1.76. The zero-order valence-corrected chi connectivity index (χ0v) is 6.45. The molecule has 2 heteroatoms. The van der Waals surface area contributed by atoms with Crippen molar-refractivity contribution >= 4 is 11.9 Å². The van der Waals surface area contributed by atoms with Crippen LogP contribution in [-0.4, -0.2) is 6.29 Å². The lowest BCUT2D eigenvalue weighted by Crippen LogP contribution is -1.83. The molecule has 0 fully saturated rings. The molecular weight excluding hydrogens is 150 g/mol. The Kier molecular flexibility index (Phi) is 2.39. The van der Waals surface area contributed by atoms with E-state index in [1.807, 2.05) is 6.07 Å². The number of nitrogens with zero attached hydrogens (tertiary/aromatic N) is 1. The lowest BCUT2D eigenvalue weighted by atomic mass is 10.1. The highest BCUT2D eigenvalue weighted by atomic mass is 16.1. The second-order valence-electron chi connectivity index (χ2n) is 2.33. The molecule has 2 nitrogen and oxygen atoms in total. The monoisotopic (exact) mass is 157 g/mol. The summed E-state index contributed by atoms with van der Waals surface area (Å²) in [5.74, 6) is 0. The zero-order chi connectivity index (χ0) is 8.97. The van der Waals surface area contributed by atoms with E-state index in [9.17, 15) is 4.79 Å². The quantitative estimate of drug-likeness (QED) is 0.485. The maximum Gasteiger partial charge on any atom is 0.150 e. The van der Waals surface area contributed by atoms with E-state index in [2.05, 4.69) is 6.58 Å². The molecule has 1 rings (SSSR count). The average Bonchev–Trinajstić information content (AvgIpc) is 2.17. The second kappa shape index (κ2) is 3.49. The largest absolute Gasteiger partial charge is 0.298 e. The van der Waals surface area contributed by atoms with Gasteiger partial charge in [0.1, 0.15) is 6.29 Å². The molecule has 0 heterocycles. The van der Waals surface area contributed by atoms with Crippen molar-refractivity contribution in [1.82, 2.24) is 0 Å². The summed E-state index contributed by atoms with van der Waals surface area (Å²) < 4.78 is 0. The van der Waals surface area contributed by atoms with Gasteiger partial charge in [-0.05, 0) is 17.7 Å². The van der Waals surface area contributed by atoms with E-state index in [0.717, 1.165) is 5.56 Å². The average molecular weight is 157 g/mol. The van der Waals surface area contributed by atoms with Crippen molar-refractivity contribution in [3.8, 4) is 6.07 Å². The number of carbonyl (C=O) groups excluding carboxylic acids is 1. The number of rotatable bonds is 2. The highest BCUT2D eigenvalue weighted by Crippen LogP contribution is 2.10. The van der Waals surface area contributed by atoms with Crippen molar-refractivity contribution in [3.05, 3.63) is 42.0 Å². The number of hydrogen-bond donors (Lipinski definition) is 0. The Morgan fingerprint density at radius 1 is 1.42 bits per heavy atom. The van der Waals surface area contributed by atoms with Crippen molar-refractivity contribution < 1.29 is 4.79 Å². The predicted molar refractivity (Wildman–Crippen MR) is 46.3 cm³/mol. The Hall–Kier alpha value is -1.88. The molecule has 0 atom stereocenters. The van der Waals surface area contributed by atoms with E-state index in [1.165, 1.54) is 0 Å². The fourth-order valence-electron chi connectivity index (χ4n) is 0.827. The van der Waals surface area contributed by atoms with Crippen LogP contribution in [0.1, 0.15) is 11.1 Å². The molecule has 0 bridgehead atoms. The lowest BCUT2D eigenvalue weighted by Gasteiger charge is -1.96. The molecule has 0 radical (unpaired) electrons. The van der Waals surface area contributed by atoms with Gasteiger partial charge in [-0.1, -0.05) is 18.7 Å². The molecule has 1 aromatic carbocycles. The fourth-order valence-corrected chi connectivity index (χ4v) is 0.827. The summed E-state index contributed by atoms with van der Waals surface area (Å²) in [6, 6.07) is 8.71. The normalized spacial score (nSPS) is 8.58. The molecule has 0 aliphatic heterocycles. The Bertz CT molecular complexity index is 343. The van der Waals surface area contributed by atoms with Crippen LogP contribution in [0.15, 0.2) is 30.8 Å². The molecule has 0 spiro atoms. The molecule has 0 aliphatic carbocycles. The topological polar surface area (TPSA) is 40.9 Å². The number of benzene rings is 1. The Labute approximate surface area is 70.8 Å². The predicted octanol–water partition coefficient (Wildman–Crippen LogP) is 1.77. The lowest BCUT2D eigenvalue weighted by molar-refractivity contribution is -0.103. The van der Waals surface area contributed by atoms with Crippen LogP contribution >= 0.6 is 0 Å². The van der Waals surface area contributed by atoms with Crippen molar-refractivity contribution in [3.63, 3.8) is 0 Å². The van der Waals surface area contributed by atoms with Crippen molar-refractivity contribution in [2.45, 2.75) is 0 Å². The van der Waals surface area contributed by atoms with Gasteiger partial charge in [0.15, 0.2) is 0 Å². The molecular formula is C10H7NO. The number of nitriles is 1. The molecule has 0 unspecified atom stereocenters. The van der Waals surface area contributed by atoms with Gasteiger partial charge in [0.25, 0.3) is 0 Å². The third-order valence-corrected chi connectivity index (χ3v) is 1.53. The third kappa shape index (κ3) is 1.58. The van der Waals surface area contributed by atoms with Gasteiger partial charge in [-0.15, -0.1) is 0 Å². The van der Waals surface area contributed by atoms with Gasteiger partial charge in [-0.25, -0.2) is 0 Å². The van der Waals surface area contributed by atoms with Crippen molar-refractivity contribution in [1.29, 1.82) is 5.26 Å². The maximum atomic E-state index is 10.3. The molecule has 12 heavy (non-hydrogen) atoms. The summed E-state index contributed by atoms with van der Waals surface area (Å²) in [7, 11) is 0. The van der Waals surface area contributed by atoms with Crippen LogP contribution in [0.2, 0.25) is 0 Å². The molecule has 0 amide bonds. The van der Waals surface area contributed by atoms with E-state index in [1.54, 1.807) is 24.3 Å². The SMILES string of the molecule is C=C(C=O)c1ccc(C#N)cc1. The first-order valence-electron chi connectivity index (χ1n) is 3.42. The van der Waals surface area contributed by atoms with Crippen molar-refractivity contribution in [2.24, 2.45) is 0 Å². The van der Waals surface area contributed by atoms with Gasteiger partial charge in [0.2, 0.25) is 0 Å². The summed E-state index contributed by atoms with van der Waals surface area (Å²) in [4.78, 5) is 10.3. The smallest absolute Gasteiger partial charge is 0.150 e. The molecule has 0 saturated carbocycles. The molecule has 58 valence electrons. The maximum absolute atomic E-state index is 10.3. The first-order valence-corrected chi connectivity index (χ1v) is 3.42. The minimum absolute atomic E-state index is 0.430. The van der Waals surface area contributed by atoms with Crippen LogP contribution in [-0.2, 0) is 4.79 Å². The van der Waals surface area contributed by atoms with Crippen LogP contribution < -0.4 is 0 Å². The van der Waals surface area contributed by atoms with Gasteiger partial charge >= 0.3 is 0 Å². The fraction of sp³-hybridized carbons (Fsp3) is 0. The number of aldehydes is 1. The summed E-state index contributed by atoms with van der Waals surface area (Å²) in [5, 5.41) is 8.48. The number of allylic oxidation sites excluding steroid dienone is 1. The minimum atomic E-state index is 0.430. The molecule has 0 aromatic heterocycles. The molecule has 0 saturated heterocycles. The van der Waals surface area contributed by atoms with Crippen LogP contribution in [0.25, 0.3) is 5.57 Å². The standard InChI is InChI=1S/C10H7NO/c1-8(7-12)10-4-2-9(6-11)3-5-10/h2-5,7H,1H2. The van der Waals surface area contributed by atoms with Crippen LogP contribution in [0.3, 0.4) is 0 Å². The molecule has 1 aromatic rings. The zero-order valence-electron chi connectivity index (χ0n) is 6.45. The summed E-state index contributed by atoms with van der Waals surface area (Å²) >= 11 is 0. The van der Waals surface area contributed by atoms with E-state index in [-0.39, 0.29) is 0 Å². The Balaban J connectivity index is 3.01. The van der Waals surface area contributed by atoms with Gasteiger partial charge in [0, 0.05) is 5.57 Å². The minimum Gasteiger partial charge on any atom is -0.298 e. The summed E-state index contributed by atoms with van der Waals surface area (Å²) in [6.07, 6.45) is 0.696. The van der Waals surface area contributed by atoms with Gasteiger partial charge in [0.05, 0.1) is 11.6 Å². The number of carbonyl (C=O) groups is 1. The third-order valence-electron chi connectivity index (χ3n) is 1.53. The van der Waals surface area contributed by atoms with Gasteiger partial charge in [-0.3, -0.25) is 4.79 Å². The van der Waals surface area contributed by atoms with E-state index >= 15 is 0 Å². The summed E-state index contributed by atoms with van der Waals surface area (Å²) in [6.45, 7) is 3.55. The van der Waals surface area contributed by atoms with E-state index in [0.29, 0.717) is 17.4 Å². The van der Waals surface area contributed by atoms with Crippen LogP contribution in [0, 0.1) is 11.3 Å². The van der Waals surface area contributed by atoms with E-state index in [4.69, 9.17) is 5.26 Å². The van der Waals surface area contributed by atoms with Crippen LogP contribution in [0.4, 0.5) is 0 Å². The molecule has 0 aliphatic rings. The Morgan fingerprint density at radius 2 is 2.00 bits per heavy atom.